The Balaban J connectivity index is 1.84. The van der Waals surface area contributed by atoms with E-state index in [0.717, 1.165) is 10.7 Å². The van der Waals surface area contributed by atoms with Crippen molar-refractivity contribution in [1.29, 1.82) is 0 Å². The minimum absolute atomic E-state index is 0.0639. The Morgan fingerprint density at radius 3 is 2.18 bits per heavy atom. The first-order chi connectivity index (χ1) is 15.8. The maximum absolute atomic E-state index is 14.0. The second-order valence-corrected chi connectivity index (χ2v) is 7.14. The van der Waals surface area contributed by atoms with Crippen LogP contribution in [-0.2, 0) is 6.54 Å². The average molecular weight is 493 g/mol. The highest BCUT2D eigenvalue weighted by Gasteiger charge is 2.29. The van der Waals surface area contributed by atoms with Crippen LogP contribution in [0.15, 0.2) is 24.3 Å². The first-order valence-electron chi connectivity index (χ1n) is 9.45. The topological polar surface area (TPSA) is 56.2 Å². The maximum Gasteiger partial charge on any atom is 0.422 e. The Hall–Kier alpha value is -3.64. The molecule has 0 unspecified atom stereocenters. The molecule has 1 aromatic heterocycles. The van der Waals surface area contributed by atoms with Gasteiger partial charge in [-0.2, -0.15) is 18.3 Å². The average Bonchev–Trinajstić information content (AvgIpc) is 3.05. The first kappa shape index (κ1) is 25.0. The monoisotopic (exact) mass is 493 g/mol. The third-order valence-electron chi connectivity index (χ3n) is 4.73. The number of halogens is 8. The van der Waals surface area contributed by atoms with E-state index in [0.29, 0.717) is 0 Å². The Morgan fingerprint density at radius 2 is 1.59 bits per heavy atom. The highest BCUT2D eigenvalue weighted by molar-refractivity contribution is 6.05. The standard InChI is InChI=1S/C21H15F8N3O2/c1-9-19(30-20(33)11-4-3-5-12(6-11)34-8-21(27,28)29)10(2)32(31-9)7-13-14(22)16(24)18(26)17(25)15(13)23/h3-6H,7-8H2,1-2H3,(H,30,33). The van der Waals surface area contributed by atoms with Crippen LogP contribution in [0.1, 0.15) is 27.3 Å². The van der Waals surface area contributed by atoms with Crippen molar-refractivity contribution in [2.75, 3.05) is 11.9 Å². The lowest BCUT2D eigenvalue weighted by atomic mass is 10.1. The van der Waals surface area contributed by atoms with Crippen LogP contribution in [0.25, 0.3) is 0 Å². The largest absolute Gasteiger partial charge is 0.484 e. The predicted molar refractivity (Wildman–Crippen MR) is 103 cm³/mol. The molecule has 2 aromatic carbocycles. The summed E-state index contributed by atoms with van der Waals surface area (Å²) in [5.41, 5.74) is -0.825. The molecule has 0 saturated carbocycles. The van der Waals surface area contributed by atoms with E-state index < -0.39 is 59.9 Å². The number of aromatic nitrogens is 2. The summed E-state index contributed by atoms with van der Waals surface area (Å²) in [6.07, 6.45) is -4.57. The quantitative estimate of drug-likeness (QED) is 0.283. The predicted octanol–water partition coefficient (Wildman–Crippen LogP) is 5.44. The summed E-state index contributed by atoms with van der Waals surface area (Å²) in [5.74, 6) is -11.5. The summed E-state index contributed by atoms with van der Waals surface area (Å²) < 4.78 is 111. The number of rotatable bonds is 6. The summed E-state index contributed by atoms with van der Waals surface area (Å²) in [5, 5.41) is 6.44. The number of ether oxygens (including phenoxy) is 1. The molecule has 0 bridgehead atoms. The van der Waals surface area contributed by atoms with Gasteiger partial charge in [0.15, 0.2) is 29.9 Å². The summed E-state index contributed by atoms with van der Waals surface area (Å²) >= 11 is 0. The van der Waals surface area contributed by atoms with E-state index in [4.69, 9.17) is 0 Å². The molecule has 13 heteroatoms. The van der Waals surface area contributed by atoms with Crippen molar-refractivity contribution in [3.05, 3.63) is 75.9 Å². The van der Waals surface area contributed by atoms with Crippen LogP contribution < -0.4 is 10.1 Å². The molecule has 0 radical (unpaired) electrons. The Kier molecular flexibility index (Phi) is 6.84. The van der Waals surface area contributed by atoms with Crippen molar-refractivity contribution in [3.8, 4) is 5.75 Å². The smallest absolute Gasteiger partial charge is 0.422 e. The summed E-state index contributed by atoms with van der Waals surface area (Å²) in [6.45, 7) is 0.418. The number of aryl methyl sites for hydroxylation is 1. The molecule has 0 aliphatic heterocycles. The van der Waals surface area contributed by atoms with Crippen LogP contribution in [0.2, 0.25) is 0 Å². The molecule has 0 saturated heterocycles. The summed E-state index contributed by atoms with van der Waals surface area (Å²) in [7, 11) is 0. The molecule has 3 rings (SSSR count). The number of amides is 1. The molecule has 1 heterocycles. The minimum Gasteiger partial charge on any atom is -0.484 e. The lowest BCUT2D eigenvalue weighted by Gasteiger charge is -2.11. The molecule has 1 N–H and O–H groups in total. The van der Waals surface area contributed by atoms with E-state index >= 15 is 0 Å². The van der Waals surface area contributed by atoms with Gasteiger partial charge in [0.05, 0.1) is 29.2 Å². The molecule has 0 atom stereocenters. The molecule has 1 amide bonds. The Morgan fingerprint density at radius 1 is 1.00 bits per heavy atom. The van der Waals surface area contributed by atoms with Gasteiger partial charge in [0.25, 0.3) is 5.91 Å². The number of hydrogen-bond donors (Lipinski definition) is 1. The van der Waals surface area contributed by atoms with Gasteiger partial charge in [-0.3, -0.25) is 9.48 Å². The third kappa shape index (κ3) is 5.13. The normalized spacial score (nSPS) is 11.6. The van der Waals surface area contributed by atoms with Crippen molar-refractivity contribution in [2.45, 2.75) is 26.6 Å². The van der Waals surface area contributed by atoms with E-state index in [1.807, 2.05) is 0 Å². The fourth-order valence-corrected chi connectivity index (χ4v) is 3.05. The molecule has 0 spiro atoms. The number of hydrogen-bond acceptors (Lipinski definition) is 3. The fourth-order valence-electron chi connectivity index (χ4n) is 3.05. The zero-order valence-electron chi connectivity index (χ0n) is 17.5. The molecule has 0 fully saturated rings. The van der Waals surface area contributed by atoms with Crippen LogP contribution in [-0.4, -0.2) is 28.5 Å². The lowest BCUT2D eigenvalue weighted by Crippen LogP contribution is -2.19. The van der Waals surface area contributed by atoms with E-state index in [1.165, 1.54) is 32.0 Å². The second kappa shape index (κ2) is 9.31. The minimum atomic E-state index is -4.57. The number of anilines is 1. The summed E-state index contributed by atoms with van der Waals surface area (Å²) in [6, 6.07) is 4.90. The molecule has 5 nitrogen and oxygen atoms in total. The van der Waals surface area contributed by atoms with E-state index in [2.05, 4.69) is 15.2 Å². The second-order valence-electron chi connectivity index (χ2n) is 7.14. The van der Waals surface area contributed by atoms with Gasteiger partial charge in [-0.25, -0.2) is 22.0 Å². The van der Waals surface area contributed by atoms with E-state index in [1.54, 1.807) is 0 Å². The zero-order valence-corrected chi connectivity index (χ0v) is 17.5. The van der Waals surface area contributed by atoms with Crippen molar-refractivity contribution in [3.63, 3.8) is 0 Å². The Bertz CT molecular complexity index is 1220. The van der Waals surface area contributed by atoms with Gasteiger partial charge in [-0.05, 0) is 32.0 Å². The van der Waals surface area contributed by atoms with Gasteiger partial charge in [0.2, 0.25) is 5.82 Å². The van der Waals surface area contributed by atoms with Crippen LogP contribution in [0.4, 0.5) is 40.8 Å². The molecule has 34 heavy (non-hydrogen) atoms. The number of carbonyl (C=O) groups excluding carboxylic acids is 1. The maximum atomic E-state index is 14.0. The number of benzene rings is 2. The number of nitrogens with one attached hydrogen (secondary N) is 1. The molecule has 182 valence electrons. The van der Waals surface area contributed by atoms with Gasteiger partial charge in [-0.1, -0.05) is 6.07 Å². The van der Waals surface area contributed by atoms with Crippen molar-refractivity contribution < 1.29 is 44.7 Å². The van der Waals surface area contributed by atoms with Crippen LogP contribution in [0, 0.1) is 42.9 Å². The van der Waals surface area contributed by atoms with E-state index in [-0.39, 0.29) is 28.4 Å². The van der Waals surface area contributed by atoms with Gasteiger partial charge in [0.1, 0.15) is 5.75 Å². The summed E-state index contributed by atoms with van der Waals surface area (Å²) in [4.78, 5) is 12.6. The molecule has 0 aliphatic carbocycles. The highest BCUT2D eigenvalue weighted by atomic mass is 19.4. The molecule has 3 aromatic rings. The van der Waals surface area contributed by atoms with Crippen LogP contribution >= 0.6 is 0 Å². The highest BCUT2D eigenvalue weighted by Crippen LogP contribution is 2.27. The molecular weight excluding hydrogens is 478 g/mol. The number of carbonyl (C=O) groups is 1. The van der Waals surface area contributed by atoms with Crippen molar-refractivity contribution in [1.82, 2.24) is 9.78 Å². The Labute approximate surface area is 186 Å². The third-order valence-corrected chi connectivity index (χ3v) is 4.73. The SMILES string of the molecule is Cc1nn(Cc2c(F)c(F)c(F)c(F)c2F)c(C)c1NC(=O)c1cccc(OCC(F)(F)F)c1. The number of nitrogens with zero attached hydrogens (tertiary/aromatic N) is 2. The fraction of sp³-hybridized carbons (Fsp3) is 0.238. The van der Waals surface area contributed by atoms with E-state index in [9.17, 15) is 39.9 Å². The van der Waals surface area contributed by atoms with Gasteiger partial charge in [-0.15, -0.1) is 0 Å². The van der Waals surface area contributed by atoms with Gasteiger partial charge < -0.3 is 10.1 Å². The van der Waals surface area contributed by atoms with Crippen LogP contribution in [0.5, 0.6) is 5.75 Å². The molecule has 0 aliphatic rings. The van der Waals surface area contributed by atoms with Gasteiger partial charge in [0, 0.05) is 5.56 Å². The zero-order chi connectivity index (χ0) is 25.4. The van der Waals surface area contributed by atoms with Gasteiger partial charge >= 0.3 is 6.18 Å². The molecular formula is C21H15F8N3O2. The number of alkyl halides is 3. The van der Waals surface area contributed by atoms with Crippen molar-refractivity contribution >= 4 is 11.6 Å². The first-order valence-corrected chi connectivity index (χ1v) is 9.45. The lowest BCUT2D eigenvalue weighted by molar-refractivity contribution is -0.153. The van der Waals surface area contributed by atoms with Crippen LogP contribution in [0.3, 0.4) is 0 Å². The van der Waals surface area contributed by atoms with Crippen molar-refractivity contribution in [2.24, 2.45) is 0 Å².